The number of morpholine rings is 1. The smallest absolute Gasteiger partial charge is 0.317 e. The Kier molecular flexibility index (Phi) is 11.5. The maximum absolute atomic E-state index is 11.5. The van der Waals surface area contributed by atoms with E-state index in [1.807, 2.05) is 15.9 Å². The monoisotopic (exact) mass is 522 g/mol. The zero-order valence-electron chi connectivity index (χ0n) is 21.2. The van der Waals surface area contributed by atoms with Crippen LogP contribution in [-0.4, -0.2) is 156 Å². The summed E-state index contributed by atoms with van der Waals surface area (Å²) in [6, 6.07) is 4.05. The molecule has 0 saturated carbocycles. The summed E-state index contributed by atoms with van der Waals surface area (Å²) in [5.41, 5.74) is 1.97. The van der Waals surface area contributed by atoms with Crippen molar-refractivity contribution in [2.45, 2.75) is 6.54 Å². The Hall–Kier alpha value is -2.84. The molecule has 0 spiro atoms. The summed E-state index contributed by atoms with van der Waals surface area (Å²) in [7, 11) is 0. The van der Waals surface area contributed by atoms with E-state index >= 15 is 0 Å². The topological polar surface area (TPSA) is 150 Å². The molecular formula is C24H38N6O7. The normalized spacial score (nSPS) is 20.2. The third-order valence-corrected chi connectivity index (χ3v) is 6.57. The summed E-state index contributed by atoms with van der Waals surface area (Å²) in [5.74, 6) is -2.84. The second kappa shape index (κ2) is 14.8. The van der Waals surface area contributed by atoms with Crippen LogP contribution in [0.5, 0.6) is 0 Å². The highest BCUT2D eigenvalue weighted by Crippen LogP contribution is 2.17. The quantitative estimate of drug-likeness (QED) is 0.360. The summed E-state index contributed by atoms with van der Waals surface area (Å²) in [6.45, 7) is 6.76. The minimum Gasteiger partial charge on any atom is -0.480 e. The minimum atomic E-state index is -0.973. The number of carboxylic acid groups (broad SMARTS) is 3. The average Bonchev–Trinajstić information content (AvgIpc) is 2.85. The zero-order chi connectivity index (χ0) is 26.6. The molecule has 2 saturated heterocycles. The van der Waals surface area contributed by atoms with Gasteiger partial charge >= 0.3 is 17.9 Å². The lowest BCUT2D eigenvalue weighted by Gasteiger charge is -2.33. The average molecular weight is 523 g/mol. The van der Waals surface area contributed by atoms with Crippen LogP contribution in [0.25, 0.3) is 0 Å². The molecule has 1 aromatic rings. The molecule has 13 heteroatoms. The van der Waals surface area contributed by atoms with Crippen molar-refractivity contribution >= 4 is 23.6 Å². The lowest BCUT2D eigenvalue weighted by molar-refractivity contribution is -0.140. The molecule has 0 unspecified atom stereocenters. The van der Waals surface area contributed by atoms with Crippen molar-refractivity contribution in [2.75, 3.05) is 103 Å². The number of anilines is 1. The van der Waals surface area contributed by atoms with Crippen LogP contribution in [0.3, 0.4) is 0 Å². The number of carboxylic acids is 3. The molecule has 37 heavy (non-hydrogen) atoms. The standard InChI is InChI=1S/C24H38N6O7/c31-22(32)17-27-5-3-26(16-20-15-21(1-2-25-20)30-11-13-37-14-12-30)4-6-28(18-23(33)34)8-10-29(9-7-27)19-24(35)36/h1-2,15H,3-14,16-19H2,(H,31,32)(H,33,34)(H,35,36). The second-order valence-corrected chi connectivity index (χ2v) is 9.39. The van der Waals surface area contributed by atoms with Crippen LogP contribution in [0.15, 0.2) is 18.3 Å². The van der Waals surface area contributed by atoms with Gasteiger partial charge in [0, 0.05) is 83.9 Å². The SMILES string of the molecule is O=C(O)CN1CCN(CC(=O)O)CCN(Cc2cc(N3CCOCC3)ccn2)CCN(CC(=O)O)CC1. The number of nitrogens with zero attached hydrogens (tertiary/aromatic N) is 6. The summed E-state index contributed by atoms with van der Waals surface area (Å²) < 4.78 is 5.45. The molecule has 2 aliphatic heterocycles. The van der Waals surface area contributed by atoms with E-state index in [-0.39, 0.29) is 19.6 Å². The molecule has 2 aliphatic rings. The van der Waals surface area contributed by atoms with E-state index in [1.165, 1.54) is 0 Å². The Labute approximate surface area is 216 Å². The van der Waals surface area contributed by atoms with Crippen molar-refractivity contribution in [3.63, 3.8) is 0 Å². The van der Waals surface area contributed by atoms with E-state index in [0.29, 0.717) is 72.1 Å². The van der Waals surface area contributed by atoms with Gasteiger partial charge < -0.3 is 25.0 Å². The predicted octanol–water partition coefficient (Wildman–Crippen LogP) is -1.11. The Morgan fingerprint density at radius 1 is 0.703 bits per heavy atom. The molecule has 0 radical (unpaired) electrons. The van der Waals surface area contributed by atoms with Crippen LogP contribution in [0.1, 0.15) is 5.69 Å². The molecular weight excluding hydrogens is 484 g/mol. The number of aromatic nitrogens is 1. The molecule has 206 valence electrons. The zero-order valence-corrected chi connectivity index (χ0v) is 21.2. The van der Waals surface area contributed by atoms with Crippen molar-refractivity contribution in [3.05, 3.63) is 24.0 Å². The first-order valence-corrected chi connectivity index (χ1v) is 12.6. The number of aliphatic carboxylic acids is 3. The van der Waals surface area contributed by atoms with E-state index in [4.69, 9.17) is 4.74 Å². The molecule has 0 amide bonds. The van der Waals surface area contributed by atoms with Crippen molar-refractivity contribution < 1.29 is 34.4 Å². The van der Waals surface area contributed by atoms with Gasteiger partial charge in [0.05, 0.1) is 38.5 Å². The van der Waals surface area contributed by atoms with E-state index < -0.39 is 17.9 Å². The Morgan fingerprint density at radius 2 is 1.14 bits per heavy atom. The third-order valence-electron chi connectivity index (χ3n) is 6.57. The highest BCUT2D eigenvalue weighted by Gasteiger charge is 2.21. The van der Waals surface area contributed by atoms with E-state index in [0.717, 1.165) is 24.5 Å². The van der Waals surface area contributed by atoms with Crippen LogP contribution in [0.2, 0.25) is 0 Å². The van der Waals surface area contributed by atoms with E-state index in [1.54, 1.807) is 11.1 Å². The minimum absolute atomic E-state index is 0.134. The maximum Gasteiger partial charge on any atom is 0.317 e. The van der Waals surface area contributed by atoms with Gasteiger partial charge in [-0.2, -0.15) is 0 Å². The molecule has 13 nitrogen and oxygen atoms in total. The highest BCUT2D eigenvalue weighted by molar-refractivity contribution is 5.69. The fourth-order valence-electron chi connectivity index (χ4n) is 4.58. The van der Waals surface area contributed by atoms with Gasteiger partial charge in [-0.15, -0.1) is 0 Å². The summed E-state index contributed by atoms with van der Waals surface area (Å²) in [4.78, 5) is 48.6. The van der Waals surface area contributed by atoms with Gasteiger partial charge in [0.15, 0.2) is 0 Å². The Balaban J connectivity index is 1.73. The third kappa shape index (κ3) is 10.6. The first-order chi connectivity index (χ1) is 17.8. The fraction of sp³-hybridized carbons (Fsp3) is 0.667. The lowest BCUT2D eigenvalue weighted by Crippen LogP contribution is -2.48. The Morgan fingerprint density at radius 3 is 1.57 bits per heavy atom. The first kappa shape index (κ1) is 28.7. The van der Waals surface area contributed by atoms with Crippen molar-refractivity contribution in [1.29, 1.82) is 0 Å². The van der Waals surface area contributed by atoms with Crippen LogP contribution < -0.4 is 4.90 Å². The molecule has 0 aliphatic carbocycles. The van der Waals surface area contributed by atoms with Gasteiger partial charge in [0.2, 0.25) is 0 Å². The number of hydrogen-bond donors (Lipinski definition) is 3. The van der Waals surface area contributed by atoms with Crippen molar-refractivity contribution in [3.8, 4) is 0 Å². The highest BCUT2D eigenvalue weighted by atomic mass is 16.5. The molecule has 3 heterocycles. The first-order valence-electron chi connectivity index (χ1n) is 12.6. The van der Waals surface area contributed by atoms with Crippen LogP contribution in [0, 0.1) is 0 Å². The molecule has 3 rings (SSSR count). The molecule has 0 aromatic carbocycles. The van der Waals surface area contributed by atoms with Gasteiger partial charge in [-0.05, 0) is 12.1 Å². The molecule has 2 fully saturated rings. The van der Waals surface area contributed by atoms with Gasteiger partial charge in [-0.3, -0.25) is 39.0 Å². The number of pyridine rings is 1. The molecule has 1 aromatic heterocycles. The summed E-state index contributed by atoms with van der Waals surface area (Å²) in [5, 5.41) is 28.1. The molecule has 0 atom stereocenters. The largest absolute Gasteiger partial charge is 0.480 e. The van der Waals surface area contributed by atoms with Gasteiger partial charge in [-0.25, -0.2) is 0 Å². The van der Waals surface area contributed by atoms with Crippen molar-refractivity contribution in [2.24, 2.45) is 0 Å². The maximum atomic E-state index is 11.5. The molecule has 3 N–H and O–H groups in total. The summed E-state index contributed by atoms with van der Waals surface area (Å²) >= 11 is 0. The number of ether oxygens (including phenoxy) is 1. The molecule has 0 bridgehead atoms. The number of rotatable bonds is 9. The predicted molar refractivity (Wildman–Crippen MR) is 135 cm³/mol. The van der Waals surface area contributed by atoms with Gasteiger partial charge in [0.25, 0.3) is 0 Å². The van der Waals surface area contributed by atoms with E-state index in [2.05, 4.69) is 20.9 Å². The van der Waals surface area contributed by atoms with E-state index in [9.17, 15) is 29.7 Å². The second-order valence-electron chi connectivity index (χ2n) is 9.39. The van der Waals surface area contributed by atoms with Crippen LogP contribution >= 0.6 is 0 Å². The summed E-state index contributed by atoms with van der Waals surface area (Å²) in [6.07, 6.45) is 1.79. The van der Waals surface area contributed by atoms with Crippen molar-refractivity contribution in [1.82, 2.24) is 24.6 Å². The lowest BCUT2D eigenvalue weighted by atomic mass is 10.2. The number of carbonyl (C=O) groups is 3. The van der Waals surface area contributed by atoms with Gasteiger partial charge in [-0.1, -0.05) is 0 Å². The Bertz CT molecular complexity index is 866. The van der Waals surface area contributed by atoms with Gasteiger partial charge in [0.1, 0.15) is 0 Å². The number of hydrogen-bond acceptors (Lipinski definition) is 10. The fourth-order valence-corrected chi connectivity index (χ4v) is 4.58. The van der Waals surface area contributed by atoms with Crippen LogP contribution in [0.4, 0.5) is 5.69 Å². The van der Waals surface area contributed by atoms with Crippen LogP contribution in [-0.2, 0) is 25.7 Å².